The van der Waals surface area contributed by atoms with Crippen LogP contribution in [0, 0.1) is 0 Å². The lowest BCUT2D eigenvalue weighted by Gasteiger charge is -2.12. The van der Waals surface area contributed by atoms with Crippen molar-refractivity contribution >= 4 is 39.1 Å². The van der Waals surface area contributed by atoms with Crippen LogP contribution in [-0.4, -0.2) is 12.5 Å². The Hall–Kier alpha value is -1.36. The summed E-state index contributed by atoms with van der Waals surface area (Å²) in [6, 6.07) is 15.4. The number of nitrogens with one attached hydrogen (secondary N) is 1. The van der Waals surface area contributed by atoms with Crippen LogP contribution < -0.4 is 10.6 Å². The molecule has 0 aromatic heterocycles. The summed E-state index contributed by atoms with van der Waals surface area (Å²) >= 11 is 9.53. The summed E-state index contributed by atoms with van der Waals surface area (Å²) in [5.41, 5.74) is 1.82. The zero-order chi connectivity index (χ0) is 15.2. The smallest absolute Gasteiger partial charge is 0.279 e. The SMILES string of the molecule is C[C@H]([NH2+]CC(=O)Nc1cccc(Br)c1)c1ccccc1Cl. The van der Waals surface area contributed by atoms with Crippen LogP contribution in [-0.2, 0) is 4.79 Å². The molecule has 5 heteroatoms. The third-order valence-electron chi connectivity index (χ3n) is 3.16. The Morgan fingerprint density at radius 3 is 2.76 bits per heavy atom. The van der Waals surface area contributed by atoms with Crippen LogP contribution in [0.1, 0.15) is 18.5 Å². The molecule has 0 unspecified atom stereocenters. The lowest BCUT2D eigenvalue weighted by Crippen LogP contribution is -2.86. The molecule has 0 aliphatic heterocycles. The minimum Gasteiger partial charge on any atom is -0.332 e. The lowest BCUT2D eigenvalue weighted by molar-refractivity contribution is -0.682. The number of benzene rings is 2. The van der Waals surface area contributed by atoms with Gasteiger partial charge in [0.1, 0.15) is 6.04 Å². The van der Waals surface area contributed by atoms with Crippen LogP contribution in [0.15, 0.2) is 53.0 Å². The van der Waals surface area contributed by atoms with Gasteiger partial charge in [-0.3, -0.25) is 4.79 Å². The molecule has 3 N–H and O–H groups in total. The molecule has 1 amide bonds. The van der Waals surface area contributed by atoms with E-state index >= 15 is 0 Å². The predicted octanol–water partition coefficient (Wildman–Crippen LogP) is 3.37. The van der Waals surface area contributed by atoms with E-state index in [1.807, 2.05) is 60.8 Å². The maximum absolute atomic E-state index is 12.0. The van der Waals surface area contributed by atoms with Crippen molar-refractivity contribution in [3.8, 4) is 0 Å². The summed E-state index contributed by atoms with van der Waals surface area (Å²) in [7, 11) is 0. The summed E-state index contributed by atoms with van der Waals surface area (Å²) in [5.74, 6) is -0.0352. The van der Waals surface area contributed by atoms with Crippen molar-refractivity contribution < 1.29 is 10.1 Å². The minimum atomic E-state index is -0.0352. The highest BCUT2D eigenvalue weighted by Gasteiger charge is 2.14. The second-order valence-electron chi connectivity index (χ2n) is 4.81. The topological polar surface area (TPSA) is 45.7 Å². The standard InChI is InChI=1S/C16H16BrClN2O/c1-11(14-7-2-3-8-15(14)18)19-10-16(21)20-13-6-4-5-12(17)9-13/h2-9,11,19H,10H2,1H3,(H,20,21)/p+1/t11-/m0/s1. The lowest BCUT2D eigenvalue weighted by atomic mass is 10.1. The van der Waals surface area contributed by atoms with E-state index in [2.05, 4.69) is 21.2 Å². The van der Waals surface area contributed by atoms with Gasteiger partial charge in [-0.05, 0) is 31.2 Å². The molecule has 2 aromatic rings. The van der Waals surface area contributed by atoms with Crippen LogP contribution in [0.4, 0.5) is 5.69 Å². The Bertz CT molecular complexity index is 633. The number of hydrogen-bond acceptors (Lipinski definition) is 1. The summed E-state index contributed by atoms with van der Waals surface area (Å²) in [6.07, 6.45) is 0. The summed E-state index contributed by atoms with van der Waals surface area (Å²) in [5, 5.41) is 5.57. The van der Waals surface area contributed by atoms with Gasteiger partial charge in [0.05, 0.1) is 0 Å². The normalized spacial score (nSPS) is 12.0. The van der Waals surface area contributed by atoms with Crippen molar-refractivity contribution in [2.45, 2.75) is 13.0 Å². The first-order chi connectivity index (χ1) is 10.1. The number of halogens is 2. The molecule has 0 saturated heterocycles. The molecule has 0 fully saturated rings. The molecule has 2 rings (SSSR count). The van der Waals surface area contributed by atoms with Crippen LogP contribution in [0.5, 0.6) is 0 Å². The van der Waals surface area contributed by atoms with Gasteiger partial charge in [-0.15, -0.1) is 0 Å². The number of hydrogen-bond donors (Lipinski definition) is 2. The number of nitrogens with two attached hydrogens (primary N) is 1. The molecule has 1 atom stereocenters. The van der Waals surface area contributed by atoms with Gasteiger partial charge in [0.2, 0.25) is 0 Å². The van der Waals surface area contributed by atoms with Gasteiger partial charge < -0.3 is 10.6 Å². The van der Waals surface area contributed by atoms with Gasteiger partial charge in [0, 0.05) is 20.7 Å². The summed E-state index contributed by atoms with van der Waals surface area (Å²) in [4.78, 5) is 12.0. The van der Waals surface area contributed by atoms with E-state index < -0.39 is 0 Å². The van der Waals surface area contributed by atoms with E-state index in [0.717, 1.165) is 20.7 Å². The third kappa shape index (κ3) is 4.84. The predicted molar refractivity (Wildman–Crippen MR) is 89.4 cm³/mol. The van der Waals surface area contributed by atoms with Crippen molar-refractivity contribution in [1.82, 2.24) is 0 Å². The zero-order valence-electron chi connectivity index (χ0n) is 11.6. The van der Waals surface area contributed by atoms with Crippen molar-refractivity contribution in [3.05, 3.63) is 63.6 Å². The summed E-state index contributed by atoms with van der Waals surface area (Å²) in [6.45, 7) is 2.38. The molecule has 0 spiro atoms. The number of amides is 1. The van der Waals surface area contributed by atoms with E-state index in [1.54, 1.807) is 0 Å². The molecule has 0 aliphatic rings. The van der Waals surface area contributed by atoms with E-state index in [-0.39, 0.29) is 11.9 Å². The molecular weight excluding hydrogens is 352 g/mol. The van der Waals surface area contributed by atoms with Crippen molar-refractivity contribution in [1.29, 1.82) is 0 Å². The number of anilines is 1. The Kier molecular flexibility index (Phi) is 5.79. The highest BCUT2D eigenvalue weighted by molar-refractivity contribution is 9.10. The second kappa shape index (κ2) is 7.59. The Labute approximate surface area is 137 Å². The quantitative estimate of drug-likeness (QED) is 0.835. The molecule has 110 valence electrons. The third-order valence-corrected chi connectivity index (χ3v) is 4.00. The fourth-order valence-electron chi connectivity index (χ4n) is 2.03. The molecule has 0 aliphatic carbocycles. The molecule has 0 heterocycles. The molecule has 3 nitrogen and oxygen atoms in total. The van der Waals surface area contributed by atoms with Crippen molar-refractivity contribution in [2.75, 3.05) is 11.9 Å². The zero-order valence-corrected chi connectivity index (χ0v) is 14.0. The van der Waals surface area contributed by atoms with Gasteiger partial charge >= 0.3 is 0 Å². The molecule has 21 heavy (non-hydrogen) atoms. The molecule has 2 aromatic carbocycles. The van der Waals surface area contributed by atoms with Gasteiger partial charge in [-0.1, -0.05) is 51.8 Å². The van der Waals surface area contributed by atoms with Crippen molar-refractivity contribution in [3.63, 3.8) is 0 Å². The van der Waals surface area contributed by atoms with Crippen LogP contribution in [0.2, 0.25) is 5.02 Å². The first-order valence-corrected chi connectivity index (χ1v) is 7.86. The van der Waals surface area contributed by atoms with Gasteiger partial charge in [-0.2, -0.15) is 0 Å². The molecule has 0 saturated carbocycles. The summed E-state index contributed by atoms with van der Waals surface area (Å²) < 4.78 is 0.939. The Morgan fingerprint density at radius 2 is 2.05 bits per heavy atom. The van der Waals surface area contributed by atoms with E-state index in [9.17, 15) is 4.79 Å². The maximum atomic E-state index is 12.0. The number of carbonyl (C=O) groups excluding carboxylic acids is 1. The van der Waals surface area contributed by atoms with Crippen LogP contribution >= 0.6 is 27.5 Å². The first-order valence-electron chi connectivity index (χ1n) is 6.69. The van der Waals surface area contributed by atoms with E-state index in [4.69, 9.17) is 11.6 Å². The van der Waals surface area contributed by atoms with E-state index in [1.165, 1.54) is 0 Å². The van der Waals surface area contributed by atoms with Gasteiger partial charge in [-0.25, -0.2) is 0 Å². The van der Waals surface area contributed by atoms with Gasteiger partial charge in [0.25, 0.3) is 5.91 Å². The Morgan fingerprint density at radius 1 is 1.29 bits per heavy atom. The molecule has 0 radical (unpaired) electrons. The Balaban J connectivity index is 1.88. The van der Waals surface area contributed by atoms with Gasteiger partial charge in [0.15, 0.2) is 6.54 Å². The largest absolute Gasteiger partial charge is 0.332 e. The number of rotatable bonds is 5. The fourth-order valence-corrected chi connectivity index (χ4v) is 2.74. The average Bonchev–Trinajstić information content (AvgIpc) is 2.45. The second-order valence-corrected chi connectivity index (χ2v) is 6.13. The maximum Gasteiger partial charge on any atom is 0.279 e. The average molecular weight is 369 g/mol. The highest BCUT2D eigenvalue weighted by Crippen LogP contribution is 2.19. The highest BCUT2D eigenvalue weighted by atomic mass is 79.9. The monoisotopic (exact) mass is 367 g/mol. The van der Waals surface area contributed by atoms with Crippen LogP contribution in [0.25, 0.3) is 0 Å². The number of carbonyl (C=O) groups is 1. The fraction of sp³-hybridized carbons (Fsp3) is 0.188. The molecule has 0 bridgehead atoms. The minimum absolute atomic E-state index is 0.0352. The first kappa shape index (κ1) is 16.0. The van der Waals surface area contributed by atoms with E-state index in [0.29, 0.717) is 6.54 Å². The van der Waals surface area contributed by atoms with Crippen molar-refractivity contribution in [2.24, 2.45) is 0 Å². The number of quaternary nitrogens is 1. The van der Waals surface area contributed by atoms with Crippen LogP contribution in [0.3, 0.4) is 0 Å². The molecular formula is C16H17BrClN2O+.